The van der Waals surface area contributed by atoms with Crippen molar-refractivity contribution in [3.05, 3.63) is 52.8 Å². The summed E-state index contributed by atoms with van der Waals surface area (Å²) < 4.78 is 64.7. The highest BCUT2D eigenvalue weighted by Gasteiger charge is 2.59. The number of alkyl halides is 2. The van der Waals surface area contributed by atoms with Crippen LogP contribution >= 0.6 is 19.3 Å². The molecule has 2 unspecified atom stereocenters. The van der Waals surface area contributed by atoms with Crippen molar-refractivity contribution in [1.29, 1.82) is 0 Å². The fourth-order valence-corrected chi connectivity index (χ4v) is 5.77. The quantitative estimate of drug-likeness (QED) is 0.199. The van der Waals surface area contributed by atoms with E-state index in [2.05, 4.69) is 10.1 Å². The van der Waals surface area contributed by atoms with Gasteiger partial charge in [0.25, 0.3) is 0 Å². The van der Waals surface area contributed by atoms with Crippen molar-refractivity contribution in [3.63, 3.8) is 0 Å². The zero-order chi connectivity index (χ0) is 29.1. The number of nitrogen functional groups attached to an aromatic ring is 1. The van der Waals surface area contributed by atoms with Crippen LogP contribution in [-0.4, -0.2) is 62.6 Å². The Morgan fingerprint density at radius 2 is 1.97 bits per heavy atom. The van der Waals surface area contributed by atoms with E-state index in [0.717, 1.165) is 0 Å². The van der Waals surface area contributed by atoms with E-state index in [9.17, 15) is 28.0 Å². The topological polar surface area (TPSA) is 164 Å². The zero-order valence-electron chi connectivity index (χ0n) is 21.5. The Balaban J connectivity index is 1.91. The van der Waals surface area contributed by atoms with Crippen LogP contribution < -0.4 is 21.0 Å². The molecule has 7 atom stereocenters. The van der Waals surface area contributed by atoms with Gasteiger partial charge in [0.2, 0.25) is 0 Å². The summed E-state index contributed by atoms with van der Waals surface area (Å²) in [6, 6.07) is 6.70. The minimum absolute atomic E-state index is 0.112. The smallest absolute Gasteiger partial charge is 0.459 e. The largest absolute Gasteiger partial charge is 0.462 e. The number of nitrogens with two attached hydrogens (primary N) is 1. The van der Waals surface area contributed by atoms with Crippen LogP contribution in [0.25, 0.3) is 0 Å². The van der Waals surface area contributed by atoms with E-state index in [1.165, 1.54) is 26.0 Å². The maximum absolute atomic E-state index is 14.2. The number of halogens is 3. The normalized spacial score (nSPS) is 26.1. The van der Waals surface area contributed by atoms with Crippen LogP contribution in [-0.2, 0) is 23.4 Å². The number of carbonyl (C=O) groups is 1. The van der Waals surface area contributed by atoms with E-state index in [0.29, 0.717) is 10.8 Å². The van der Waals surface area contributed by atoms with Gasteiger partial charge in [0, 0.05) is 0 Å². The molecule has 1 fully saturated rings. The first kappa shape index (κ1) is 30.9. The Morgan fingerprint density at radius 3 is 2.56 bits per heavy atom. The number of nitrogens with zero attached hydrogens (tertiary/aromatic N) is 2. The van der Waals surface area contributed by atoms with Gasteiger partial charge in [-0.2, -0.15) is 10.1 Å². The van der Waals surface area contributed by atoms with Crippen molar-refractivity contribution >= 4 is 31.1 Å². The molecule has 1 aromatic heterocycles. The second kappa shape index (κ2) is 12.3. The van der Waals surface area contributed by atoms with Crippen LogP contribution in [0.1, 0.15) is 33.9 Å². The molecule has 12 nitrogen and oxygen atoms in total. The van der Waals surface area contributed by atoms with Gasteiger partial charge >= 0.3 is 19.4 Å². The third-order valence-corrected chi connectivity index (χ3v) is 7.96. The Morgan fingerprint density at radius 1 is 1.33 bits per heavy atom. The third-order valence-electron chi connectivity index (χ3n) is 5.68. The monoisotopic (exact) mass is 594 g/mol. The maximum Gasteiger partial charge on any atom is 0.459 e. The number of carbonyl (C=O) groups excluding carboxylic acids is 1. The number of anilines is 1. The molecule has 2 aromatic rings. The highest BCUT2D eigenvalue weighted by molar-refractivity contribution is 7.52. The Labute approximate surface area is 227 Å². The lowest BCUT2D eigenvalue weighted by molar-refractivity contribution is -0.149. The third kappa shape index (κ3) is 6.94. The molecule has 0 saturated carbocycles. The van der Waals surface area contributed by atoms with Crippen LogP contribution in [0.4, 0.5) is 14.6 Å². The minimum atomic E-state index is -4.43. The molecule has 1 aliphatic rings. The molecule has 39 heavy (non-hydrogen) atoms. The lowest BCUT2D eigenvalue weighted by Gasteiger charge is -2.30. The van der Waals surface area contributed by atoms with Crippen LogP contribution in [0.5, 0.6) is 5.75 Å². The molecule has 1 saturated heterocycles. The second-order valence-electron chi connectivity index (χ2n) is 9.17. The number of aliphatic hydroxyl groups is 1. The fourth-order valence-electron chi connectivity index (χ4n) is 3.79. The van der Waals surface area contributed by atoms with Gasteiger partial charge in [0.05, 0.1) is 18.4 Å². The molecule has 16 heteroatoms. The molecule has 3 rings (SSSR count). The Kier molecular flexibility index (Phi) is 9.73. The number of hydrogen-bond donors (Lipinski definition) is 3. The number of esters is 1. The second-order valence-corrected chi connectivity index (χ2v) is 11.5. The van der Waals surface area contributed by atoms with Crippen molar-refractivity contribution in [1.82, 2.24) is 14.6 Å². The average molecular weight is 595 g/mol. The summed E-state index contributed by atoms with van der Waals surface area (Å²) in [5, 5.41) is 13.4. The molecule has 0 amide bonds. The first-order valence-electron chi connectivity index (χ1n) is 11.8. The van der Waals surface area contributed by atoms with Gasteiger partial charge in [0.1, 0.15) is 35.5 Å². The van der Waals surface area contributed by atoms with Crippen LogP contribution in [0.2, 0.25) is 0 Å². The van der Waals surface area contributed by atoms with Gasteiger partial charge in [-0.1, -0.05) is 18.2 Å². The number of aliphatic hydroxyl groups excluding tert-OH is 1. The average Bonchev–Trinajstić information content (AvgIpc) is 3.12. The van der Waals surface area contributed by atoms with Crippen molar-refractivity contribution in [2.75, 3.05) is 12.4 Å². The standard InChI is InChI=1S/C23H30ClF2N4O8P/c1-12(2)35-20(32)13(3)29-39(34,38-15-8-6-5-7-9-15)37-14(4)17-18(31)23(24,11-25)21(36-17)30-10-16(26)19(27)28-22(30)33/h5-10,12-14,17-18,21,31H,11H2,1-4H3,(H,29,34)(H2,27,28,33)/t13-,14-,17+,18?,21+,23+,39?/m0/s1. The Hall–Kier alpha value is -2.61. The number of para-hydroxylation sites is 1. The molecule has 0 spiro atoms. The fraction of sp³-hybridized carbons (Fsp3) is 0.522. The molecule has 2 heterocycles. The Bertz CT molecular complexity index is 1270. The predicted octanol–water partition coefficient (Wildman–Crippen LogP) is 2.69. The molecule has 1 aromatic carbocycles. The molecule has 0 radical (unpaired) electrons. The van der Waals surface area contributed by atoms with Gasteiger partial charge in [-0.15, -0.1) is 11.6 Å². The van der Waals surface area contributed by atoms with E-state index in [4.69, 9.17) is 35.9 Å². The van der Waals surface area contributed by atoms with E-state index >= 15 is 0 Å². The minimum Gasteiger partial charge on any atom is -0.462 e. The van der Waals surface area contributed by atoms with Crippen molar-refractivity contribution < 1.29 is 41.8 Å². The summed E-state index contributed by atoms with van der Waals surface area (Å²) in [6.45, 7) is 4.54. The lowest BCUT2D eigenvalue weighted by Crippen LogP contribution is -2.47. The predicted molar refractivity (Wildman–Crippen MR) is 136 cm³/mol. The highest BCUT2D eigenvalue weighted by Crippen LogP contribution is 2.50. The number of aromatic nitrogens is 2. The molecule has 0 bridgehead atoms. The summed E-state index contributed by atoms with van der Waals surface area (Å²) in [4.78, 5) is 25.8. The highest BCUT2D eigenvalue weighted by atomic mass is 35.5. The van der Waals surface area contributed by atoms with Crippen LogP contribution in [0.15, 0.2) is 41.3 Å². The van der Waals surface area contributed by atoms with E-state index in [1.54, 1.807) is 32.0 Å². The van der Waals surface area contributed by atoms with Gasteiger partial charge in [0.15, 0.2) is 17.9 Å². The van der Waals surface area contributed by atoms with Crippen LogP contribution in [0.3, 0.4) is 0 Å². The van der Waals surface area contributed by atoms with Crippen molar-refractivity contribution in [3.8, 4) is 5.75 Å². The van der Waals surface area contributed by atoms with Crippen molar-refractivity contribution in [2.24, 2.45) is 0 Å². The maximum atomic E-state index is 14.2. The summed E-state index contributed by atoms with van der Waals surface area (Å²) in [5.74, 6) is -2.44. The van der Waals surface area contributed by atoms with Gasteiger partial charge < -0.3 is 24.8 Å². The molecular formula is C23H30ClF2N4O8P. The number of ether oxygens (including phenoxy) is 2. The van der Waals surface area contributed by atoms with Crippen LogP contribution in [0, 0.1) is 5.82 Å². The molecule has 216 valence electrons. The summed E-state index contributed by atoms with van der Waals surface area (Å²) in [5.41, 5.74) is 4.19. The molecule has 0 aliphatic carbocycles. The van der Waals surface area contributed by atoms with E-state index in [-0.39, 0.29) is 5.75 Å². The summed E-state index contributed by atoms with van der Waals surface area (Å²) >= 11 is 6.36. The molecule has 1 aliphatic heterocycles. The first-order chi connectivity index (χ1) is 18.2. The van der Waals surface area contributed by atoms with E-state index in [1.807, 2.05) is 0 Å². The van der Waals surface area contributed by atoms with Crippen molar-refractivity contribution in [2.45, 2.75) is 69.3 Å². The SMILES string of the molecule is CC(C)OC(=O)[C@H](C)NP(=O)(Oc1ccccc1)O[C@@H](C)[C@H]1O[C@@H](n2cc(F)c(N)nc2=O)[C@@](Cl)(CF)C1O. The number of hydrogen-bond acceptors (Lipinski definition) is 10. The zero-order valence-corrected chi connectivity index (χ0v) is 23.1. The lowest BCUT2D eigenvalue weighted by atomic mass is 9.97. The number of benzene rings is 1. The van der Waals surface area contributed by atoms with E-state index < -0.39 is 79.3 Å². The van der Waals surface area contributed by atoms with Gasteiger partial charge in [-0.3, -0.25) is 13.9 Å². The molecular weight excluding hydrogens is 565 g/mol. The summed E-state index contributed by atoms with van der Waals surface area (Å²) in [7, 11) is -4.43. The van der Waals surface area contributed by atoms with Gasteiger partial charge in [-0.25, -0.2) is 18.1 Å². The first-order valence-corrected chi connectivity index (χ1v) is 13.8. The van der Waals surface area contributed by atoms with Gasteiger partial charge in [-0.05, 0) is 39.8 Å². The summed E-state index contributed by atoms with van der Waals surface area (Å²) in [6.07, 6.45) is -6.31. The number of nitrogens with one attached hydrogen (secondary N) is 1. The molecule has 4 N–H and O–H groups in total. The number of rotatable bonds is 11.